The first-order chi connectivity index (χ1) is 9.61. The molecular weight excluding hydrogens is 244 g/mol. The second kappa shape index (κ2) is 7.24. The third kappa shape index (κ3) is 4.60. The second-order valence-corrected chi connectivity index (χ2v) is 6.99. The average molecular weight is 274 g/mol. The Morgan fingerprint density at radius 1 is 1.15 bits per heavy atom. The van der Waals surface area contributed by atoms with Crippen molar-refractivity contribution in [3.05, 3.63) is 35.9 Å². The van der Waals surface area contributed by atoms with E-state index in [1.165, 1.54) is 37.7 Å². The minimum atomic E-state index is 0.524. The highest BCUT2D eigenvalue weighted by Crippen LogP contribution is 2.35. The van der Waals surface area contributed by atoms with Crippen LogP contribution in [0.1, 0.15) is 51.5 Å². The van der Waals surface area contributed by atoms with Gasteiger partial charge in [-0.05, 0) is 36.7 Å². The lowest BCUT2D eigenvalue weighted by Gasteiger charge is -2.31. The molecule has 1 aliphatic carbocycles. The molecule has 0 bridgehead atoms. The molecule has 0 heterocycles. The number of rotatable bonds is 5. The Kier molecular flexibility index (Phi) is 5.62. The van der Waals surface area contributed by atoms with Gasteiger partial charge >= 0.3 is 0 Å². The molecule has 0 amide bonds. The lowest BCUT2D eigenvalue weighted by Crippen LogP contribution is -2.38. The van der Waals surface area contributed by atoms with Crippen molar-refractivity contribution in [2.24, 2.45) is 11.1 Å². The quantitative estimate of drug-likeness (QED) is 0.827. The van der Waals surface area contributed by atoms with Crippen molar-refractivity contribution in [3.63, 3.8) is 0 Å². The van der Waals surface area contributed by atoms with Crippen molar-refractivity contribution in [1.29, 1.82) is 0 Å². The van der Waals surface area contributed by atoms with E-state index in [4.69, 9.17) is 5.73 Å². The maximum atomic E-state index is 5.84. The second-order valence-electron chi connectivity index (χ2n) is 6.99. The average Bonchev–Trinajstić information content (AvgIpc) is 2.60. The van der Waals surface area contributed by atoms with Gasteiger partial charge in [0.15, 0.2) is 0 Å². The van der Waals surface area contributed by atoms with E-state index in [2.05, 4.69) is 49.1 Å². The number of benzene rings is 1. The maximum absolute atomic E-state index is 5.84. The van der Waals surface area contributed by atoms with Crippen LogP contribution in [0.4, 0.5) is 0 Å². The fourth-order valence-corrected chi connectivity index (χ4v) is 3.38. The highest BCUT2D eigenvalue weighted by atomic mass is 15.2. The first kappa shape index (κ1) is 15.5. The van der Waals surface area contributed by atoms with E-state index in [-0.39, 0.29) is 0 Å². The summed E-state index contributed by atoms with van der Waals surface area (Å²) < 4.78 is 0. The molecule has 0 radical (unpaired) electrons. The fourth-order valence-electron chi connectivity index (χ4n) is 3.38. The first-order valence-corrected chi connectivity index (χ1v) is 8.09. The van der Waals surface area contributed by atoms with Gasteiger partial charge < -0.3 is 5.73 Å². The van der Waals surface area contributed by atoms with Crippen LogP contribution in [0.3, 0.4) is 0 Å². The van der Waals surface area contributed by atoms with Gasteiger partial charge in [0.2, 0.25) is 0 Å². The van der Waals surface area contributed by atoms with Crippen molar-refractivity contribution in [2.75, 3.05) is 13.1 Å². The van der Waals surface area contributed by atoms with Crippen LogP contribution in [0.2, 0.25) is 0 Å². The molecule has 1 fully saturated rings. The van der Waals surface area contributed by atoms with Crippen LogP contribution >= 0.6 is 0 Å². The summed E-state index contributed by atoms with van der Waals surface area (Å²) in [4.78, 5) is 2.61. The molecule has 2 nitrogen and oxygen atoms in total. The predicted molar refractivity (Wildman–Crippen MR) is 86.6 cm³/mol. The zero-order valence-corrected chi connectivity index (χ0v) is 13.1. The molecule has 2 heteroatoms. The molecule has 1 aromatic carbocycles. The zero-order valence-electron chi connectivity index (χ0n) is 13.1. The highest BCUT2D eigenvalue weighted by Gasteiger charge is 2.27. The highest BCUT2D eigenvalue weighted by molar-refractivity contribution is 5.14. The van der Waals surface area contributed by atoms with Gasteiger partial charge in [0, 0.05) is 25.7 Å². The van der Waals surface area contributed by atoms with Crippen LogP contribution in [0.25, 0.3) is 0 Å². The normalized spacial score (nSPS) is 22.7. The Morgan fingerprint density at radius 2 is 1.90 bits per heavy atom. The van der Waals surface area contributed by atoms with Crippen molar-refractivity contribution >= 4 is 0 Å². The van der Waals surface area contributed by atoms with E-state index in [1.54, 1.807) is 0 Å². The van der Waals surface area contributed by atoms with E-state index in [0.29, 0.717) is 11.5 Å². The maximum Gasteiger partial charge on any atom is 0.0237 e. The van der Waals surface area contributed by atoms with Crippen molar-refractivity contribution in [3.8, 4) is 0 Å². The molecule has 2 rings (SSSR count). The van der Waals surface area contributed by atoms with E-state index >= 15 is 0 Å². The Morgan fingerprint density at radius 3 is 2.60 bits per heavy atom. The van der Waals surface area contributed by atoms with Crippen molar-refractivity contribution in [2.45, 2.75) is 58.5 Å². The summed E-state index contributed by atoms with van der Waals surface area (Å²) in [7, 11) is 0. The Hall–Kier alpha value is -0.860. The molecule has 1 aliphatic rings. The molecule has 0 aliphatic heterocycles. The van der Waals surface area contributed by atoms with Crippen molar-refractivity contribution in [1.82, 2.24) is 4.90 Å². The van der Waals surface area contributed by atoms with E-state index in [0.717, 1.165) is 19.6 Å². The van der Waals surface area contributed by atoms with Gasteiger partial charge in [-0.25, -0.2) is 0 Å². The summed E-state index contributed by atoms with van der Waals surface area (Å²) >= 11 is 0. The molecule has 1 saturated carbocycles. The van der Waals surface area contributed by atoms with Gasteiger partial charge in [0.1, 0.15) is 0 Å². The summed E-state index contributed by atoms with van der Waals surface area (Å²) in [5.74, 6) is 0. The van der Waals surface area contributed by atoms with Crippen LogP contribution in [0.5, 0.6) is 0 Å². The van der Waals surface area contributed by atoms with Crippen LogP contribution in [-0.4, -0.2) is 24.0 Å². The molecule has 2 N–H and O–H groups in total. The summed E-state index contributed by atoms with van der Waals surface area (Å²) in [5.41, 5.74) is 7.77. The Bertz CT molecular complexity index is 386. The van der Waals surface area contributed by atoms with Crippen LogP contribution in [0.15, 0.2) is 30.3 Å². The van der Waals surface area contributed by atoms with Crippen molar-refractivity contribution < 1.29 is 0 Å². The smallest absolute Gasteiger partial charge is 0.0237 e. The van der Waals surface area contributed by atoms with Gasteiger partial charge in [-0.1, -0.05) is 50.6 Å². The topological polar surface area (TPSA) is 29.3 Å². The zero-order chi connectivity index (χ0) is 14.4. The van der Waals surface area contributed by atoms with E-state index < -0.39 is 0 Å². The van der Waals surface area contributed by atoms with Crippen LogP contribution in [-0.2, 0) is 6.54 Å². The summed E-state index contributed by atoms with van der Waals surface area (Å²) in [6.07, 6.45) is 6.71. The molecule has 1 atom stereocenters. The minimum absolute atomic E-state index is 0.524. The van der Waals surface area contributed by atoms with E-state index in [9.17, 15) is 0 Å². The third-order valence-corrected chi connectivity index (χ3v) is 4.71. The Labute approximate surface area is 124 Å². The SMILES string of the molecule is CC1(C)CCCC(N(CCN)Cc2ccccc2)CC1. The summed E-state index contributed by atoms with van der Waals surface area (Å²) in [6.45, 7) is 7.65. The standard InChI is InChI=1S/C18H30N2/c1-18(2)11-6-9-17(10-12-18)20(14-13-19)15-16-7-4-3-5-8-16/h3-5,7-8,17H,6,9-15,19H2,1-2H3. The minimum Gasteiger partial charge on any atom is -0.329 e. The number of hydrogen-bond acceptors (Lipinski definition) is 2. The molecule has 20 heavy (non-hydrogen) atoms. The fraction of sp³-hybridized carbons (Fsp3) is 0.667. The lowest BCUT2D eigenvalue weighted by molar-refractivity contribution is 0.171. The first-order valence-electron chi connectivity index (χ1n) is 8.09. The molecule has 112 valence electrons. The summed E-state index contributed by atoms with van der Waals surface area (Å²) in [5, 5.41) is 0. The van der Waals surface area contributed by atoms with Gasteiger partial charge in [0.05, 0.1) is 0 Å². The number of hydrogen-bond donors (Lipinski definition) is 1. The van der Waals surface area contributed by atoms with Crippen LogP contribution < -0.4 is 5.73 Å². The lowest BCUT2D eigenvalue weighted by atomic mass is 9.85. The molecule has 0 aromatic heterocycles. The molecule has 1 unspecified atom stereocenters. The van der Waals surface area contributed by atoms with Gasteiger partial charge in [-0.15, -0.1) is 0 Å². The van der Waals surface area contributed by atoms with Gasteiger partial charge in [-0.3, -0.25) is 4.90 Å². The molecular formula is C18H30N2. The third-order valence-electron chi connectivity index (χ3n) is 4.71. The van der Waals surface area contributed by atoms with E-state index in [1.807, 2.05) is 0 Å². The molecule has 0 spiro atoms. The predicted octanol–water partition coefficient (Wildman–Crippen LogP) is 3.81. The molecule has 1 aromatic rings. The van der Waals surface area contributed by atoms with Gasteiger partial charge in [0.25, 0.3) is 0 Å². The largest absolute Gasteiger partial charge is 0.329 e. The number of nitrogens with two attached hydrogens (primary N) is 1. The number of nitrogens with zero attached hydrogens (tertiary/aromatic N) is 1. The Balaban J connectivity index is 2.00. The van der Waals surface area contributed by atoms with Gasteiger partial charge in [-0.2, -0.15) is 0 Å². The summed E-state index contributed by atoms with van der Waals surface area (Å²) in [6, 6.07) is 11.5. The monoisotopic (exact) mass is 274 g/mol. The molecule has 0 saturated heterocycles. The van der Waals surface area contributed by atoms with Crippen LogP contribution in [0, 0.1) is 5.41 Å².